The summed E-state index contributed by atoms with van der Waals surface area (Å²) < 4.78 is 8.33. The fourth-order valence-corrected chi connectivity index (χ4v) is 2.07. The summed E-state index contributed by atoms with van der Waals surface area (Å²) in [5.74, 6) is 0.985. The molecule has 2 aromatic heterocycles. The van der Waals surface area contributed by atoms with E-state index in [1.807, 2.05) is 13.0 Å². The molecular weight excluding hydrogens is 411 g/mol. The van der Waals surface area contributed by atoms with Gasteiger partial charge >= 0.3 is 0 Å². The molecule has 18 heavy (non-hydrogen) atoms. The van der Waals surface area contributed by atoms with Crippen LogP contribution < -0.4 is 4.74 Å². The monoisotopic (exact) mass is 418 g/mol. The molecule has 0 N–H and O–H groups in total. The van der Waals surface area contributed by atoms with E-state index < -0.39 is 0 Å². The predicted molar refractivity (Wildman–Crippen MR) is 77.7 cm³/mol. The Morgan fingerprint density at radius 3 is 3.06 bits per heavy atom. The fourth-order valence-electron chi connectivity index (χ4n) is 1.35. The van der Waals surface area contributed by atoms with E-state index in [-0.39, 0.29) is 9.74 Å². The van der Waals surface area contributed by atoms with Crippen molar-refractivity contribution in [1.82, 2.24) is 14.8 Å². The van der Waals surface area contributed by atoms with Crippen LogP contribution in [0.1, 0.15) is 16.7 Å². The Morgan fingerprint density at radius 2 is 2.39 bits per heavy atom. The first-order valence-electron chi connectivity index (χ1n) is 5.03. The van der Waals surface area contributed by atoms with Crippen LogP contribution in [-0.4, -0.2) is 14.8 Å². The lowest BCUT2D eigenvalue weighted by atomic mass is 10.3. The standard InChI is InChI=1S/C11H8BrIN4O/c1-7(13)17-11(2-3-16-17)18-10-4-8(12)6-15-9(10)5-14/h2-4,6-7H,1H3. The second-order valence-corrected chi connectivity index (χ2v) is 6.12. The Morgan fingerprint density at radius 1 is 1.61 bits per heavy atom. The number of nitrogens with zero attached hydrogens (tertiary/aromatic N) is 4. The van der Waals surface area contributed by atoms with E-state index in [1.54, 1.807) is 29.2 Å². The van der Waals surface area contributed by atoms with Crippen molar-refractivity contribution in [2.24, 2.45) is 0 Å². The van der Waals surface area contributed by atoms with Gasteiger partial charge in [-0.3, -0.25) is 0 Å². The molecule has 0 aliphatic carbocycles. The number of hydrogen-bond acceptors (Lipinski definition) is 4. The molecular formula is C11H8BrIN4O. The van der Waals surface area contributed by atoms with E-state index in [1.165, 1.54) is 0 Å². The number of halogens is 2. The quantitative estimate of drug-likeness (QED) is 0.563. The van der Waals surface area contributed by atoms with Crippen molar-refractivity contribution < 1.29 is 4.74 Å². The Labute approximate surface area is 126 Å². The highest BCUT2D eigenvalue weighted by Crippen LogP contribution is 2.29. The summed E-state index contributed by atoms with van der Waals surface area (Å²) in [6.07, 6.45) is 3.21. The first-order chi connectivity index (χ1) is 8.61. The molecule has 5 nitrogen and oxygen atoms in total. The van der Waals surface area contributed by atoms with E-state index in [0.29, 0.717) is 11.6 Å². The fraction of sp³-hybridized carbons (Fsp3) is 0.182. The van der Waals surface area contributed by atoms with Crippen molar-refractivity contribution in [3.63, 3.8) is 0 Å². The largest absolute Gasteiger partial charge is 0.436 e. The Hall–Kier alpha value is -1.14. The topological polar surface area (TPSA) is 63.7 Å². The van der Waals surface area contributed by atoms with Crippen molar-refractivity contribution in [3.8, 4) is 17.7 Å². The summed E-state index contributed by atoms with van der Waals surface area (Å²) in [6, 6.07) is 5.45. The number of pyridine rings is 1. The van der Waals surface area contributed by atoms with Gasteiger partial charge in [-0.1, -0.05) is 22.6 Å². The highest BCUT2D eigenvalue weighted by molar-refractivity contribution is 14.1. The molecule has 1 unspecified atom stereocenters. The Kier molecular flexibility index (Phi) is 4.19. The highest BCUT2D eigenvalue weighted by Gasteiger charge is 2.12. The lowest BCUT2D eigenvalue weighted by molar-refractivity contribution is 0.415. The molecule has 0 spiro atoms. The molecule has 7 heteroatoms. The summed E-state index contributed by atoms with van der Waals surface area (Å²) >= 11 is 5.53. The summed E-state index contributed by atoms with van der Waals surface area (Å²) in [7, 11) is 0. The summed E-state index contributed by atoms with van der Waals surface area (Å²) in [6.45, 7) is 1.99. The van der Waals surface area contributed by atoms with Gasteiger partial charge in [0.05, 0.1) is 6.20 Å². The minimum atomic E-state index is 0.151. The van der Waals surface area contributed by atoms with E-state index >= 15 is 0 Å². The number of aromatic nitrogens is 3. The Balaban J connectivity index is 2.37. The predicted octanol–water partition coefficient (Wildman–Crippen LogP) is 3.66. The molecule has 0 bridgehead atoms. The molecule has 0 saturated carbocycles. The lowest BCUT2D eigenvalue weighted by Gasteiger charge is -2.11. The lowest BCUT2D eigenvalue weighted by Crippen LogP contribution is -2.03. The smallest absolute Gasteiger partial charge is 0.218 e. The van der Waals surface area contributed by atoms with Gasteiger partial charge in [0, 0.05) is 16.7 Å². The third-order valence-corrected chi connectivity index (χ3v) is 3.07. The highest BCUT2D eigenvalue weighted by atomic mass is 127. The van der Waals surface area contributed by atoms with Gasteiger partial charge in [0.2, 0.25) is 5.88 Å². The van der Waals surface area contributed by atoms with E-state index in [2.05, 4.69) is 48.6 Å². The second kappa shape index (κ2) is 5.67. The zero-order valence-corrected chi connectivity index (χ0v) is 13.1. The molecule has 2 aromatic rings. The molecule has 0 amide bonds. The molecule has 1 atom stereocenters. The van der Waals surface area contributed by atoms with Crippen molar-refractivity contribution in [3.05, 3.63) is 34.7 Å². The summed E-state index contributed by atoms with van der Waals surface area (Å²) in [4.78, 5) is 3.99. The molecule has 2 heterocycles. The average Bonchev–Trinajstić information content (AvgIpc) is 2.77. The third-order valence-electron chi connectivity index (χ3n) is 2.11. The van der Waals surface area contributed by atoms with Crippen molar-refractivity contribution in [2.75, 3.05) is 0 Å². The number of nitriles is 1. The van der Waals surface area contributed by atoms with Gasteiger partial charge in [0.15, 0.2) is 11.4 Å². The van der Waals surface area contributed by atoms with Crippen LogP contribution in [0.2, 0.25) is 0 Å². The van der Waals surface area contributed by atoms with Gasteiger partial charge in [0.25, 0.3) is 0 Å². The summed E-state index contributed by atoms with van der Waals surface area (Å²) in [5, 5.41) is 13.1. The van der Waals surface area contributed by atoms with Crippen LogP contribution in [-0.2, 0) is 0 Å². The first-order valence-corrected chi connectivity index (χ1v) is 7.06. The third kappa shape index (κ3) is 2.81. The molecule has 0 aliphatic rings. The van der Waals surface area contributed by atoms with Crippen LogP contribution in [0.3, 0.4) is 0 Å². The number of rotatable bonds is 3. The van der Waals surface area contributed by atoms with E-state index in [9.17, 15) is 0 Å². The maximum atomic E-state index is 8.98. The van der Waals surface area contributed by atoms with Gasteiger partial charge in [-0.25, -0.2) is 9.67 Å². The number of hydrogen-bond donors (Lipinski definition) is 0. The van der Waals surface area contributed by atoms with Gasteiger partial charge in [-0.05, 0) is 28.9 Å². The van der Waals surface area contributed by atoms with Crippen LogP contribution in [0.15, 0.2) is 29.0 Å². The minimum absolute atomic E-state index is 0.151. The summed E-state index contributed by atoms with van der Waals surface area (Å²) in [5.41, 5.74) is 0.243. The molecule has 0 fully saturated rings. The SMILES string of the molecule is CC(I)n1nccc1Oc1cc(Br)cnc1C#N. The van der Waals surface area contributed by atoms with E-state index in [4.69, 9.17) is 10.00 Å². The molecule has 2 rings (SSSR count). The molecule has 92 valence electrons. The molecule has 0 radical (unpaired) electrons. The maximum Gasteiger partial charge on any atom is 0.218 e. The number of ether oxygens (including phenoxy) is 1. The first kappa shape index (κ1) is 13.3. The van der Waals surface area contributed by atoms with E-state index in [0.717, 1.165) is 4.47 Å². The van der Waals surface area contributed by atoms with Crippen LogP contribution in [0.4, 0.5) is 0 Å². The molecule has 0 aliphatic heterocycles. The van der Waals surface area contributed by atoms with Gasteiger partial charge in [-0.2, -0.15) is 10.4 Å². The van der Waals surface area contributed by atoms with Gasteiger partial charge in [-0.15, -0.1) is 0 Å². The minimum Gasteiger partial charge on any atom is -0.436 e. The van der Waals surface area contributed by atoms with Crippen LogP contribution in [0.5, 0.6) is 11.6 Å². The van der Waals surface area contributed by atoms with Gasteiger partial charge in [0.1, 0.15) is 10.1 Å². The number of alkyl halides is 1. The van der Waals surface area contributed by atoms with Gasteiger partial charge < -0.3 is 4.74 Å². The van der Waals surface area contributed by atoms with Crippen molar-refractivity contribution in [1.29, 1.82) is 5.26 Å². The van der Waals surface area contributed by atoms with Crippen LogP contribution in [0, 0.1) is 11.3 Å². The zero-order valence-electron chi connectivity index (χ0n) is 9.34. The zero-order chi connectivity index (χ0) is 13.1. The second-order valence-electron chi connectivity index (χ2n) is 3.40. The molecule has 0 aromatic carbocycles. The van der Waals surface area contributed by atoms with Crippen molar-refractivity contribution in [2.45, 2.75) is 11.0 Å². The maximum absolute atomic E-state index is 8.98. The van der Waals surface area contributed by atoms with Crippen LogP contribution in [0.25, 0.3) is 0 Å². The van der Waals surface area contributed by atoms with Crippen LogP contribution >= 0.6 is 38.5 Å². The molecule has 0 saturated heterocycles. The average molecular weight is 419 g/mol. The Bertz CT molecular complexity index is 605. The normalized spacial score (nSPS) is 11.9. The van der Waals surface area contributed by atoms with Crippen molar-refractivity contribution >= 4 is 38.5 Å².